The third kappa shape index (κ3) is 2.63. The van der Waals surface area contributed by atoms with Crippen molar-refractivity contribution in [3.63, 3.8) is 0 Å². The summed E-state index contributed by atoms with van der Waals surface area (Å²) in [5.41, 5.74) is 2.47. The fraction of sp³-hybridized carbons (Fsp3) is 0.0556. The molecule has 0 saturated heterocycles. The van der Waals surface area contributed by atoms with Crippen LogP contribution >= 0.6 is 11.6 Å². The molecule has 0 spiro atoms. The second-order valence-electron chi connectivity index (χ2n) is 4.78. The fourth-order valence-corrected chi connectivity index (χ4v) is 2.59. The van der Waals surface area contributed by atoms with Gasteiger partial charge in [0.1, 0.15) is 5.75 Å². The molecule has 3 rings (SSSR count). The second-order valence-corrected chi connectivity index (χ2v) is 5.21. The topological polar surface area (TPSA) is 26.3 Å². The van der Waals surface area contributed by atoms with Crippen molar-refractivity contribution in [2.45, 2.75) is 0 Å². The number of carbonyl (C=O) groups is 1. The van der Waals surface area contributed by atoms with Crippen LogP contribution in [0.1, 0.15) is 10.4 Å². The standard InChI is InChI=1S/C18H13ClO2/c1-21-17-6-4-12-8-14(3-2-13(12)10-17)18-7-5-16(19)9-15(18)11-20/h2-11H,1H3. The summed E-state index contributed by atoms with van der Waals surface area (Å²) in [6.07, 6.45) is 0.833. The monoisotopic (exact) mass is 296 g/mol. The van der Waals surface area contributed by atoms with Gasteiger partial charge in [-0.2, -0.15) is 0 Å². The van der Waals surface area contributed by atoms with Crippen molar-refractivity contribution in [3.8, 4) is 16.9 Å². The van der Waals surface area contributed by atoms with Crippen LogP contribution in [-0.2, 0) is 0 Å². The maximum atomic E-state index is 11.2. The first-order valence-corrected chi connectivity index (χ1v) is 6.92. The van der Waals surface area contributed by atoms with Gasteiger partial charge in [0.05, 0.1) is 7.11 Å². The molecule has 2 nitrogen and oxygen atoms in total. The molecule has 3 heteroatoms. The minimum Gasteiger partial charge on any atom is -0.497 e. The Morgan fingerprint density at radius 1 is 0.952 bits per heavy atom. The Labute approximate surface area is 127 Å². The van der Waals surface area contributed by atoms with Crippen LogP contribution in [0, 0.1) is 0 Å². The molecule has 0 bridgehead atoms. The van der Waals surface area contributed by atoms with E-state index >= 15 is 0 Å². The van der Waals surface area contributed by atoms with Crippen molar-refractivity contribution < 1.29 is 9.53 Å². The van der Waals surface area contributed by atoms with Crippen LogP contribution < -0.4 is 4.74 Å². The van der Waals surface area contributed by atoms with Crippen molar-refractivity contribution in [3.05, 3.63) is 65.2 Å². The van der Waals surface area contributed by atoms with Crippen LogP contribution in [0.2, 0.25) is 5.02 Å². The van der Waals surface area contributed by atoms with E-state index < -0.39 is 0 Å². The van der Waals surface area contributed by atoms with E-state index in [-0.39, 0.29) is 0 Å². The van der Waals surface area contributed by atoms with E-state index in [9.17, 15) is 4.79 Å². The number of hydrogen-bond acceptors (Lipinski definition) is 2. The lowest BCUT2D eigenvalue weighted by Crippen LogP contribution is -1.88. The normalized spacial score (nSPS) is 10.6. The summed E-state index contributed by atoms with van der Waals surface area (Å²) in [4.78, 5) is 11.2. The second kappa shape index (κ2) is 5.58. The molecule has 3 aromatic carbocycles. The number of hydrogen-bond donors (Lipinski definition) is 0. The molecule has 0 radical (unpaired) electrons. The molecule has 21 heavy (non-hydrogen) atoms. The van der Waals surface area contributed by atoms with Crippen LogP contribution in [0.4, 0.5) is 0 Å². The summed E-state index contributed by atoms with van der Waals surface area (Å²) in [6.45, 7) is 0. The highest BCUT2D eigenvalue weighted by atomic mass is 35.5. The van der Waals surface area contributed by atoms with Gasteiger partial charge in [-0.05, 0) is 52.2 Å². The first kappa shape index (κ1) is 13.7. The molecular weight excluding hydrogens is 284 g/mol. The maximum Gasteiger partial charge on any atom is 0.150 e. The molecule has 0 fully saturated rings. The molecule has 0 aliphatic heterocycles. The number of methoxy groups -OCH3 is 1. The lowest BCUT2D eigenvalue weighted by atomic mass is 9.97. The van der Waals surface area contributed by atoms with Gasteiger partial charge in [-0.3, -0.25) is 4.79 Å². The number of rotatable bonds is 3. The molecule has 0 heterocycles. The summed E-state index contributed by atoms with van der Waals surface area (Å²) >= 11 is 5.94. The van der Waals surface area contributed by atoms with Crippen molar-refractivity contribution in [1.82, 2.24) is 0 Å². The first-order chi connectivity index (χ1) is 10.2. The quantitative estimate of drug-likeness (QED) is 0.637. The Bertz CT molecular complexity index is 825. The van der Waals surface area contributed by atoms with Gasteiger partial charge in [-0.25, -0.2) is 0 Å². The van der Waals surface area contributed by atoms with E-state index in [0.717, 1.165) is 33.9 Å². The number of fused-ring (bicyclic) bond motifs is 1. The lowest BCUT2D eigenvalue weighted by Gasteiger charge is -2.08. The molecule has 0 aliphatic rings. The van der Waals surface area contributed by atoms with Crippen molar-refractivity contribution in [2.75, 3.05) is 7.11 Å². The molecule has 104 valence electrons. The highest BCUT2D eigenvalue weighted by molar-refractivity contribution is 6.31. The van der Waals surface area contributed by atoms with Crippen LogP contribution in [0.3, 0.4) is 0 Å². The Balaban J connectivity index is 2.15. The molecule has 3 aromatic rings. The number of benzene rings is 3. The van der Waals surface area contributed by atoms with Gasteiger partial charge >= 0.3 is 0 Å². The molecule has 0 unspecified atom stereocenters. The Morgan fingerprint density at radius 2 is 1.71 bits per heavy atom. The van der Waals surface area contributed by atoms with E-state index in [1.807, 2.05) is 36.4 Å². The van der Waals surface area contributed by atoms with Gasteiger partial charge in [0, 0.05) is 10.6 Å². The molecule has 0 N–H and O–H groups in total. The van der Waals surface area contributed by atoms with E-state index in [0.29, 0.717) is 10.6 Å². The molecule has 0 saturated carbocycles. The first-order valence-electron chi connectivity index (χ1n) is 6.54. The van der Waals surface area contributed by atoms with Gasteiger partial charge in [0.25, 0.3) is 0 Å². The zero-order valence-corrected chi connectivity index (χ0v) is 12.2. The molecule has 0 aliphatic carbocycles. The van der Waals surface area contributed by atoms with Gasteiger partial charge in [-0.1, -0.05) is 35.9 Å². The number of carbonyl (C=O) groups excluding carboxylic acids is 1. The molecule has 0 amide bonds. The zero-order valence-electron chi connectivity index (χ0n) is 11.5. The van der Waals surface area contributed by atoms with Crippen LogP contribution in [0.25, 0.3) is 21.9 Å². The summed E-state index contributed by atoms with van der Waals surface area (Å²) in [7, 11) is 1.65. The summed E-state index contributed by atoms with van der Waals surface area (Å²) in [5.74, 6) is 0.829. The Kier molecular flexibility index (Phi) is 3.63. The van der Waals surface area contributed by atoms with Gasteiger partial charge < -0.3 is 4.74 Å². The fourth-order valence-electron chi connectivity index (χ4n) is 2.41. The number of aldehydes is 1. The zero-order chi connectivity index (χ0) is 14.8. The van der Waals surface area contributed by atoms with E-state index in [1.54, 1.807) is 19.2 Å². The van der Waals surface area contributed by atoms with Gasteiger partial charge in [0.15, 0.2) is 6.29 Å². The number of halogens is 1. The van der Waals surface area contributed by atoms with Crippen molar-refractivity contribution >= 4 is 28.7 Å². The number of ether oxygens (including phenoxy) is 1. The molecule has 0 atom stereocenters. The van der Waals surface area contributed by atoms with E-state index in [1.165, 1.54) is 0 Å². The summed E-state index contributed by atoms with van der Waals surface area (Å²) in [5, 5.41) is 2.76. The summed E-state index contributed by atoms with van der Waals surface area (Å²) < 4.78 is 5.23. The minimum atomic E-state index is 0.561. The van der Waals surface area contributed by atoms with E-state index in [2.05, 4.69) is 6.07 Å². The Morgan fingerprint density at radius 3 is 2.48 bits per heavy atom. The average Bonchev–Trinajstić information content (AvgIpc) is 2.53. The van der Waals surface area contributed by atoms with Crippen LogP contribution in [0.5, 0.6) is 5.75 Å². The predicted molar refractivity (Wildman–Crippen MR) is 86.3 cm³/mol. The Hall–Kier alpha value is -2.32. The van der Waals surface area contributed by atoms with Gasteiger partial charge in [0.2, 0.25) is 0 Å². The van der Waals surface area contributed by atoms with E-state index in [4.69, 9.17) is 16.3 Å². The highest BCUT2D eigenvalue weighted by Gasteiger charge is 2.06. The molecule has 0 aromatic heterocycles. The SMILES string of the molecule is COc1ccc2cc(-c3ccc(Cl)cc3C=O)ccc2c1. The largest absolute Gasteiger partial charge is 0.497 e. The average molecular weight is 297 g/mol. The maximum absolute atomic E-state index is 11.2. The van der Waals surface area contributed by atoms with Gasteiger partial charge in [-0.15, -0.1) is 0 Å². The smallest absolute Gasteiger partial charge is 0.150 e. The third-order valence-electron chi connectivity index (χ3n) is 3.50. The minimum absolute atomic E-state index is 0.561. The third-order valence-corrected chi connectivity index (χ3v) is 3.73. The molecular formula is C18H13ClO2. The van der Waals surface area contributed by atoms with Crippen molar-refractivity contribution in [2.24, 2.45) is 0 Å². The summed E-state index contributed by atoms with van der Waals surface area (Å²) in [6, 6.07) is 17.4. The van der Waals surface area contributed by atoms with Crippen LogP contribution in [0.15, 0.2) is 54.6 Å². The van der Waals surface area contributed by atoms with Crippen molar-refractivity contribution in [1.29, 1.82) is 0 Å². The highest BCUT2D eigenvalue weighted by Crippen LogP contribution is 2.29. The lowest BCUT2D eigenvalue weighted by molar-refractivity contribution is 0.112. The predicted octanol–water partition coefficient (Wildman–Crippen LogP) is 4.98. The van der Waals surface area contributed by atoms with Crippen LogP contribution in [-0.4, -0.2) is 13.4 Å².